The summed E-state index contributed by atoms with van der Waals surface area (Å²) in [7, 11) is -3.66. The topological polar surface area (TPSA) is 109 Å². The van der Waals surface area contributed by atoms with Crippen molar-refractivity contribution in [1.29, 1.82) is 0 Å². The van der Waals surface area contributed by atoms with Crippen molar-refractivity contribution in [2.45, 2.75) is 25.1 Å². The van der Waals surface area contributed by atoms with Crippen molar-refractivity contribution >= 4 is 50.7 Å². The van der Waals surface area contributed by atoms with Crippen LogP contribution >= 0.6 is 23.2 Å². The van der Waals surface area contributed by atoms with E-state index in [9.17, 15) is 18.0 Å². The highest BCUT2D eigenvalue weighted by Crippen LogP contribution is 2.29. The quantitative estimate of drug-likeness (QED) is 0.423. The fraction of sp³-hybridized carbons (Fsp3) is 0.280. The molecule has 0 spiro atoms. The Bertz CT molecular complexity index is 1320. The maximum absolute atomic E-state index is 13.0. The zero-order valence-electron chi connectivity index (χ0n) is 19.2. The van der Waals surface area contributed by atoms with Crippen LogP contribution in [0.1, 0.15) is 34.5 Å². The normalized spacial score (nSPS) is 14.9. The largest absolute Gasteiger partial charge is 0.467 e. The van der Waals surface area contributed by atoms with Gasteiger partial charge >= 0.3 is 0 Å². The number of carbonyl (C=O) groups excluding carboxylic acids is 2. The smallest absolute Gasteiger partial charge is 0.253 e. The molecule has 0 aliphatic carbocycles. The minimum atomic E-state index is -3.66. The number of nitrogens with zero attached hydrogens (tertiary/aromatic N) is 1. The van der Waals surface area contributed by atoms with Crippen molar-refractivity contribution < 1.29 is 22.4 Å². The molecule has 8 nitrogen and oxygen atoms in total. The van der Waals surface area contributed by atoms with Crippen LogP contribution in [0.3, 0.4) is 0 Å². The molecule has 11 heteroatoms. The van der Waals surface area contributed by atoms with Gasteiger partial charge in [0.05, 0.1) is 29.8 Å². The summed E-state index contributed by atoms with van der Waals surface area (Å²) in [6.07, 6.45) is 2.24. The molecule has 1 aliphatic rings. The number of carbonyl (C=O) groups is 2. The number of rotatable bonds is 8. The van der Waals surface area contributed by atoms with E-state index in [1.807, 2.05) is 0 Å². The highest BCUT2D eigenvalue weighted by Gasteiger charge is 2.32. The molecule has 1 aromatic heterocycles. The first-order chi connectivity index (χ1) is 17.2. The van der Waals surface area contributed by atoms with Gasteiger partial charge in [0.2, 0.25) is 15.9 Å². The van der Waals surface area contributed by atoms with Gasteiger partial charge in [0.15, 0.2) is 0 Å². The lowest BCUT2D eigenvalue weighted by Gasteiger charge is -2.31. The third-order valence-electron chi connectivity index (χ3n) is 6.04. The fourth-order valence-corrected chi connectivity index (χ4v) is 6.36. The predicted molar refractivity (Wildman–Crippen MR) is 138 cm³/mol. The van der Waals surface area contributed by atoms with E-state index in [4.69, 9.17) is 27.6 Å². The highest BCUT2D eigenvalue weighted by atomic mass is 35.5. The second kappa shape index (κ2) is 11.5. The molecule has 1 saturated heterocycles. The van der Waals surface area contributed by atoms with Crippen molar-refractivity contribution in [1.82, 2.24) is 9.62 Å². The van der Waals surface area contributed by atoms with E-state index < -0.39 is 10.0 Å². The number of nitrogens with one attached hydrogen (secondary N) is 2. The van der Waals surface area contributed by atoms with E-state index in [-0.39, 0.29) is 43.1 Å². The van der Waals surface area contributed by atoms with Crippen LogP contribution in [0.5, 0.6) is 0 Å². The monoisotopic (exact) mass is 549 g/mol. The molecule has 2 N–H and O–H groups in total. The summed E-state index contributed by atoms with van der Waals surface area (Å²) < 4.78 is 32.5. The lowest BCUT2D eigenvalue weighted by molar-refractivity contribution is -0.120. The molecule has 0 atom stereocenters. The van der Waals surface area contributed by atoms with Crippen LogP contribution in [0, 0.1) is 5.92 Å². The fourth-order valence-electron chi connectivity index (χ4n) is 4.04. The number of hydrogen-bond donors (Lipinski definition) is 2. The van der Waals surface area contributed by atoms with Crippen LogP contribution in [-0.4, -0.2) is 37.6 Å². The molecule has 0 radical (unpaired) electrons. The average Bonchev–Trinajstić information content (AvgIpc) is 3.39. The van der Waals surface area contributed by atoms with Gasteiger partial charge in [0.25, 0.3) is 5.91 Å². The minimum absolute atomic E-state index is 0.202. The molecule has 4 rings (SSSR count). The van der Waals surface area contributed by atoms with Crippen molar-refractivity contribution in [3.05, 3.63) is 87.8 Å². The summed E-state index contributed by atoms with van der Waals surface area (Å²) in [6.45, 7) is 0.627. The SMILES string of the molecule is O=C(NCc1ccco1)c1ccccc1NC(=O)C1CCN(S(=O)(=O)Cc2c(Cl)cccc2Cl)CC1. The number of benzene rings is 2. The maximum Gasteiger partial charge on any atom is 0.253 e. The first-order valence-electron chi connectivity index (χ1n) is 11.4. The number of para-hydroxylation sites is 1. The number of amides is 2. The predicted octanol–water partition coefficient (Wildman–Crippen LogP) is 4.70. The molecule has 1 fully saturated rings. The second-order valence-corrected chi connectivity index (χ2v) is 11.2. The van der Waals surface area contributed by atoms with Gasteiger partial charge in [-0.2, -0.15) is 0 Å². The third-order valence-corrected chi connectivity index (χ3v) is 8.55. The Hall–Kier alpha value is -2.85. The summed E-state index contributed by atoms with van der Waals surface area (Å²) in [4.78, 5) is 25.6. The zero-order chi connectivity index (χ0) is 25.7. The lowest BCUT2D eigenvalue weighted by atomic mass is 9.97. The van der Waals surface area contributed by atoms with Crippen molar-refractivity contribution in [2.24, 2.45) is 5.92 Å². The summed E-state index contributed by atoms with van der Waals surface area (Å²) in [5.41, 5.74) is 1.08. The van der Waals surface area contributed by atoms with E-state index in [2.05, 4.69) is 10.6 Å². The van der Waals surface area contributed by atoms with Gasteiger partial charge < -0.3 is 15.1 Å². The number of anilines is 1. The maximum atomic E-state index is 13.0. The molecule has 36 heavy (non-hydrogen) atoms. The summed E-state index contributed by atoms with van der Waals surface area (Å²) in [6, 6.07) is 15.1. The molecule has 0 unspecified atom stereocenters. The van der Waals surface area contributed by atoms with Crippen LogP contribution in [0.2, 0.25) is 10.0 Å². The molecule has 2 heterocycles. The Balaban J connectivity index is 1.35. The first kappa shape index (κ1) is 26.2. The average molecular weight is 550 g/mol. The Morgan fingerprint density at radius 1 is 0.972 bits per heavy atom. The summed E-state index contributed by atoms with van der Waals surface area (Å²) >= 11 is 12.3. The Kier molecular flexibility index (Phi) is 8.35. The Morgan fingerprint density at radius 3 is 2.33 bits per heavy atom. The number of furan rings is 1. The molecule has 0 bridgehead atoms. The van der Waals surface area contributed by atoms with Crippen molar-refractivity contribution in [3.8, 4) is 0 Å². The van der Waals surface area contributed by atoms with E-state index >= 15 is 0 Å². The van der Waals surface area contributed by atoms with E-state index in [1.165, 1.54) is 10.6 Å². The van der Waals surface area contributed by atoms with Gasteiger partial charge in [-0.1, -0.05) is 41.4 Å². The van der Waals surface area contributed by atoms with Gasteiger partial charge in [-0.3, -0.25) is 9.59 Å². The van der Waals surface area contributed by atoms with Gasteiger partial charge in [-0.25, -0.2) is 12.7 Å². The highest BCUT2D eigenvalue weighted by molar-refractivity contribution is 7.88. The molecule has 190 valence electrons. The lowest BCUT2D eigenvalue weighted by Crippen LogP contribution is -2.42. The molecule has 2 amide bonds. The van der Waals surface area contributed by atoms with Gasteiger partial charge in [-0.05, 0) is 49.2 Å². The standard InChI is InChI=1S/C25H25Cl2N3O5S/c26-21-7-3-8-22(27)20(21)16-36(33,34)30-12-10-17(11-13-30)24(31)29-23-9-2-1-6-19(23)25(32)28-15-18-5-4-14-35-18/h1-9,14,17H,10-13,15-16H2,(H,28,32)(H,29,31). The molecule has 2 aromatic carbocycles. The van der Waals surface area contributed by atoms with Crippen LogP contribution in [0.15, 0.2) is 65.3 Å². The number of halogens is 2. The second-order valence-electron chi connectivity index (χ2n) is 8.43. The number of hydrogen-bond acceptors (Lipinski definition) is 5. The van der Waals surface area contributed by atoms with Crippen molar-refractivity contribution in [2.75, 3.05) is 18.4 Å². The summed E-state index contributed by atoms with van der Waals surface area (Å²) in [5, 5.41) is 6.20. The molecule has 1 aliphatic heterocycles. The molecular weight excluding hydrogens is 525 g/mol. The molecular formula is C25H25Cl2N3O5S. The van der Waals surface area contributed by atoms with Gasteiger partial charge in [-0.15, -0.1) is 0 Å². The van der Waals surface area contributed by atoms with E-state index in [1.54, 1.807) is 54.6 Å². The van der Waals surface area contributed by atoms with E-state index in [0.29, 0.717) is 45.5 Å². The first-order valence-corrected chi connectivity index (χ1v) is 13.7. The third kappa shape index (κ3) is 6.28. The Labute approximate surface area is 219 Å². The van der Waals surface area contributed by atoms with Crippen LogP contribution < -0.4 is 10.6 Å². The van der Waals surface area contributed by atoms with Gasteiger partial charge in [0, 0.05) is 34.6 Å². The van der Waals surface area contributed by atoms with Crippen molar-refractivity contribution in [3.63, 3.8) is 0 Å². The van der Waals surface area contributed by atoms with Crippen LogP contribution in [0.4, 0.5) is 5.69 Å². The number of sulfonamides is 1. The van der Waals surface area contributed by atoms with Crippen LogP contribution in [0.25, 0.3) is 0 Å². The summed E-state index contributed by atoms with van der Waals surface area (Å²) in [5.74, 6) is -0.681. The number of piperidine rings is 1. The molecule has 0 saturated carbocycles. The Morgan fingerprint density at radius 2 is 1.67 bits per heavy atom. The van der Waals surface area contributed by atoms with E-state index in [0.717, 1.165) is 0 Å². The van der Waals surface area contributed by atoms with Gasteiger partial charge in [0.1, 0.15) is 5.76 Å². The minimum Gasteiger partial charge on any atom is -0.467 e. The molecule has 3 aromatic rings. The van der Waals surface area contributed by atoms with Crippen LogP contribution in [-0.2, 0) is 27.1 Å². The zero-order valence-corrected chi connectivity index (χ0v) is 21.6.